The number of carbonyl (C=O) groups is 3. The summed E-state index contributed by atoms with van der Waals surface area (Å²) in [4.78, 5) is 38.2. The summed E-state index contributed by atoms with van der Waals surface area (Å²) in [6.07, 6.45) is 1.52. The summed E-state index contributed by atoms with van der Waals surface area (Å²) in [6, 6.07) is 6.49. The van der Waals surface area contributed by atoms with Crippen LogP contribution in [0.2, 0.25) is 0 Å². The predicted octanol–water partition coefficient (Wildman–Crippen LogP) is 1.68. The van der Waals surface area contributed by atoms with Crippen molar-refractivity contribution >= 4 is 45.6 Å². The van der Waals surface area contributed by atoms with Crippen LogP contribution in [-0.4, -0.2) is 22.7 Å². The molecule has 0 spiro atoms. The first-order valence-electron chi connectivity index (χ1n) is 5.94. The Bertz CT molecular complexity index is 670. The van der Waals surface area contributed by atoms with Gasteiger partial charge in [-0.1, -0.05) is 6.07 Å². The third-order valence-electron chi connectivity index (χ3n) is 2.30. The van der Waals surface area contributed by atoms with Crippen molar-refractivity contribution in [3.05, 3.63) is 35.8 Å². The van der Waals surface area contributed by atoms with E-state index in [0.29, 0.717) is 16.5 Å². The van der Waals surface area contributed by atoms with E-state index >= 15 is 0 Å². The fourth-order valence-corrected chi connectivity index (χ4v) is 2.03. The van der Waals surface area contributed by atoms with E-state index in [4.69, 9.17) is 0 Å². The zero-order valence-electron chi connectivity index (χ0n) is 11.0. The molecule has 0 aliphatic carbocycles. The van der Waals surface area contributed by atoms with Crippen LogP contribution in [0.4, 0.5) is 16.5 Å². The zero-order chi connectivity index (χ0) is 15.2. The first-order valence-corrected chi connectivity index (χ1v) is 6.82. The number of hydrogen-bond acceptors (Lipinski definition) is 5. The van der Waals surface area contributed by atoms with E-state index in [1.54, 1.807) is 29.6 Å². The Balaban J connectivity index is 1.98. The smallest absolute Gasteiger partial charge is 0.315 e. The van der Waals surface area contributed by atoms with Crippen LogP contribution < -0.4 is 16.0 Å². The number of hydrogen-bond donors (Lipinski definition) is 3. The minimum atomic E-state index is -0.815. The number of aromatic nitrogens is 1. The molecule has 0 radical (unpaired) electrons. The van der Waals surface area contributed by atoms with Gasteiger partial charge in [0.1, 0.15) is 0 Å². The lowest BCUT2D eigenvalue weighted by Gasteiger charge is -2.07. The fraction of sp³-hybridized carbons (Fsp3) is 0.0769. The summed E-state index contributed by atoms with van der Waals surface area (Å²) in [6.45, 7) is 1.38. The Hall–Kier alpha value is -2.74. The average molecular weight is 304 g/mol. The molecule has 1 aromatic heterocycles. The van der Waals surface area contributed by atoms with Gasteiger partial charge in [-0.3, -0.25) is 19.7 Å². The van der Waals surface area contributed by atoms with Crippen molar-refractivity contribution in [2.24, 2.45) is 0 Å². The Morgan fingerprint density at radius 2 is 1.71 bits per heavy atom. The van der Waals surface area contributed by atoms with Gasteiger partial charge in [0, 0.05) is 29.9 Å². The number of anilines is 3. The molecular formula is C13H12N4O3S. The lowest BCUT2D eigenvalue weighted by Crippen LogP contribution is -2.29. The third kappa shape index (κ3) is 4.39. The number of amides is 3. The van der Waals surface area contributed by atoms with Gasteiger partial charge in [0.2, 0.25) is 5.91 Å². The van der Waals surface area contributed by atoms with Crippen molar-refractivity contribution in [2.45, 2.75) is 6.92 Å². The van der Waals surface area contributed by atoms with Crippen molar-refractivity contribution in [2.75, 3.05) is 16.0 Å². The summed E-state index contributed by atoms with van der Waals surface area (Å²) in [7, 11) is 0. The standard InChI is InChI=1S/C13H12N4O3S/c1-8(18)15-9-3-2-4-10(7-9)16-11(19)12(20)17-13-14-5-6-21-13/h2-7H,1H3,(H,15,18)(H,16,19)(H,14,17,20). The molecule has 2 rings (SSSR count). The zero-order valence-corrected chi connectivity index (χ0v) is 11.9. The van der Waals surface area contributed by atoms with E-state index in [0.717, 1.165) is 0 Å². The number of nitrogens with zero attached hydrogens (tertiary/aromatic N) is 1. The van der Waals surface area contributed by atoms with Crippen LogP contribution in [0.1, 0.15) is 6.92 Å². The van der Waals surface area contributed by atoms with Gasteiger partial charge in [0.15, 0.2) is 5.13 Å². The van der Waals surface area contributed by atoms with Gasteiger partial charge in [-0.15, -0.1) is 11.3 Å². The summed E-state index contributed by atoms with van der Waals surface area (Å²) in [5.74, 6) is -1.85. The van der Waals surface area contributed by atoms with Gasteiger partial charge < -0.3 is 10.6 Å². The third-order valence-corrected chi connectivity index (χ3v) is 2.99. The van der Waals surface area contributed by atoms with Crippen LogP contribution in [0.3, 0.4) is 0 Å². The fourth-order valence-electron chi connectivity index (χ4n) is 1.50. The molecular weight excluding hydrogens is 292 g/mol. The molecule has 8 heteroatoms. The highest BCUT2D eigenvalue weighted by atomic mass is 32.1. The maximum absolute atomic E-state index is 11.7. The van der Waals surface area contributed by atoms with E-state index in [-0.39, 0.29) is 5.91 Å². The molecule has 0 aliphatic heterocycles. The van der Waals surface area contributed by atoms with Gasteiger partial charge in [-0.2, -0.15) is 0 Å². The minimum Gasteiger partial charge on any atom is -0.326 e. The van der Waals surface area contributed by atoms with Crippen LogP contribution in [0.25, 0.3) is 0 Å². The Morgan fingerprint density at radius 1 is 1.05 bits per heavy atom. The van der Waals surface area contributed by atoms with E-state index in [1.165, 1.54) is 24.5 Å². The van der Waals surface area contributed by atoms with Crippen molar-refractivity contribution in [3.63, 3.8) is 0 Å². The molecule has 0 saturated carbocycles. The maximum Gasteiger partial charge on any atom is 0.315 e. The highest BCUT2D eigenvalue weighted by Crippen LogP contribution is 2.15. The Morgan fingerprint density at radius 3 is 2.33 bits per heavy atom. The predicted molar refractivity (Wildman–Crippen MR) is 80.1 cm³/mol. The van der Waals surface area contributed by atoms with Gasteiger partial charge in [-0.25, -0.2) is 4.98 Å². The highest BCUT2D eigenvalue weighted by Gasteiger charge is 2.15. The van der Waals surface area contributed by atoms with Crippen LogP contribution >= 0.6 is 11.3 Å². The summed E-state index contributed by atoms with van der Waals surface area (Å²) >= 11 is 1.21. The van der Waals surface area contributed by atoms with Gasteiger partial charge in [0.25, 0.3) is 0 Å². The van der Waals surface area contributed by atoms with Crippen molar-refractivity contribution in [3.8, 4) is 0 Å². The number of thiazole rings is 1. The average Bonchev–Trinajstić information content (AvgIpc) is 2.91. The molecule has 0 aliphatic rings. The van der Waals surface area contributed by atoms with E-state index in [2.05, 4.69) is 20.9 Å². The van der Waals surface area contributed by atoms with Crippen LogP contribution in [0.15, 0.2) is 35.8 Å². The molecule has 0 unspecified atom stereocenters. The molecule has 0 atom stereocenters. The number of rotatable bonds is 3. The van der Waals surface area contributed by atoms with E-state index in [9.17, 15) is 14.4 Å². The first kappa shape index (κ1) is 14.7. The molecule has 1 heterocycles. The monoisotopic (exact) mass is 304 g/mol. The summed E-state index contributed by atoms with van der Waals surface area (Å²) < 4.78 is 0. The van der Waals surface area contributed by atoms with Gasteiger partial charge in [0.05, 0.1) is 0 Å². The van der Waals surface area contributed by atoms with E-state index < -0.39 is 11.8 Å². The molecule has 2 aromatic rings. The van der Waals surface area contributed by atoms with Crippen molar-refractivity contribution < 1.29 is 14.4 Å². The van der Waals surface area contributed by atoms with Gasteiger partial charge in [-0.05, 0) is 18.2 Å². The first-order chi connectivity index (χ1) is 10.0. The normalized spacial score (nSPS) is 9.76. The Kier molecular flexibility index (Phi) is 4.62. The molecule has 21 heavy (non-hydrogen) atoms. The maximum atomic E-state index is 11.7. The lowest BCUT2D eigenvalue weighted by atomic mass is 10.2. The molecule has 0 bridgehead atoms. The van der Waals surface area contributed by atoms with Crippen LogP contribution in [-0.2, 0) is 14.4 Å². The molecule has 3 amide bonds. The largest absolute Gasteiger partial charge is 0.326 e. The molecule has 0 saturated heterocycles. The molecule has 0 fully saturated rings. The van der Waals surface area contributed by atoms with Crippen LogP contribution in [0.5, 0.6) is 0 Å². The number of carbonyl (C=O) groups excluding carboxylic acids is 3. The van der Waals surface area contributed by atoms with Crippen molar-refractivity contribution in [1.82, 2.24) is 4.98 Å². The second kappa shape index (κ2) is 6.62. The summed E-state index contributed by atoms with van der Waals surface area (Å²) in [5.41, 5.74) is 0.932. The second-order valence-electron chi connectivity index (χ2n) is 4.01. The number of nitrogens with one attached hydrogen (secondary N) is 3. The lowest BCUT2D eigenvalue weighted by molar-refractivity contribution is -0.132. The highest BCUT2D eigenvalue weighted by molar-refractivity contribution is 7.13. The Labute approximate surface area is 124 Å². The molecule has 1 aromatic carbocycles. The summed E-state index contributed by atoms with van der Waals surface area (Å²) in [5, 5.41) is 9.44. The molecule has 7 nitrogen and oxygen atoms in total. The molecule has 108 valence electrons. The SMILES string of the molecule is CC(=O)Nc1cccc(NC(=O)C(=O)Nc2nccs2)c1. The topological polar surface area (TPSA) is 100 Å². The number of benzene rings is 1. The van der Waals surface area contributed by atoms with Crippen molar-refractivity contribution in [1.29, 1.82) is 0 Å². The minimum absolute atomic E-state index is 0.222. The van der Waals surface area contributed by atoms with Gasteiger partial charge >= 0.3 is 11.8 Å². The second-order valence-corrected chi connectivity index (χ2v) is 4.90. The van der Waals surface area contributed by atoms with E-state index in [1.807, 2.05) is 0 Å². The molecule has 3 N–H and O–H groups in total. The quantitative estimate of drug-likeness (QED) is 0.751. The van der Waals surface area contributed by atoms with Crippen LogP contribution in [0, 0.1) is 0 Å².